The number of amides is 1. The number of rotatable bonds is 40. The molecule has 8 unspecified atom stereocenters. The first kappa shape index (κ1) is 57.3. The van der Waals surface area contributed by atoms with Crippen molar-refractivity contribution in [3.05, 3.63) is 36.5 Å². The van der Waals surface area contributed by atoms with E-state index in [9.17, 15) is 43.3 Å². The minimum absolute atomic E-state index is 0.0329. The average Bonchev–Trinajstić information content (AvgIpc) is 3.23. The Kier molecular flexibility index (Phi) is 35.4. The molecular weight excluding hydrogens is 803 g/mol. The van der Waals surface area contributed by atoms with Gasteiger partial charge in [-0.2, -0.15) is 8.42 Å². The molecule has 1 aliphatic heterocycles. The van der Waals surface area contributed by atoms with Crippen molar-refractivity contribution in [3.63, 3.8) is 0 Å². The van der Waals surface area contributed by atoms with E-state index in [0.717, 1.165) is 32.1 Å². The summed E-state index contributed by atoms with van der Waals surface area (Å²) in [4.78, 5) is 13.1. The molecule has 1 saturated heterocycles. The van der Waals surface area contributed by atoms with Gasteiger partial charge < -0.3 is 40.3 Å². The molecule has 1 amide bonds. The van der Waals surface area contributed by atoms with Crippen LogP contribution in [0.4, 0.5) is 0 Å². The van der Waals surface area contributed by atoms with Gasteiger partial charge in [0, 0.05) is 6.42 Å². The molecule has 0 radical (unpaired) electrons. The molecule has 0 aromatic rings. The van der Waals surface area contributed by atoms with E-state index in [-0.39, 0.29) is 6.42 Å². The molecule has 0 aromatic heterocycles. The number of aliphatic hydroxyl groups is 5. The molecule has 1 fully saturated rings. The van der Waals surface area contributed by atoms with Crippen molar-refractivity contribution in [3.8, 4) is 0 Å². The van der Waals surface area contributed by atoms with E-state index in [0.29, 0.717) is 12.8 Å². The molecule has 0 saturated carbocycles. The van der Waals surface area contributed by atoms with Crippen LogP contribution in [0.2, 0.25) is 0 Å². The number of unbranched alkanes of at least 4 members (excludes halogenated alkanes) is 24. The molecule has 1 aliphatic rings. The van der Waals surface area contributed by atoms with Gasteiger partial charge in [0.25, 0.3) is 0 Å². The quantitative estimate of drug-likeness (QED) is 0.0175. The number of carbonyl (C=O) groups is 1. The Balaban J connectivity index is 2.58. The normalized spacial score (nSPS) is 21.5. The molecule has 8 atom stereocenters. The summed E-state index contributed by atoms with van der Waals surface area (Å²) in [5.41, 5.74) is 0. The fourth-order valence-electron chi connectivity index (χ4n) is 7.45. The number of carbonyl (C=O) groups excluding carboxylic acids is 1. The summed E-state index contributed by atoms with van der Waals surface area (Å²) < 4.78 is 47.5. The maximum absolute atomic E-state index is 13.1. The monoisotopic (exact) mass is 890 g/mol. The van der Waals surface area contributed by atoms with E-state index in [4.69, 9.17) is 9.47 Å². The van der Waals surface area contributed by atoms with Gasteiger partial charge in [-0.15, -0.1) is 0 Å². The van der Waals surface area contributed by atoms with Gasteiger partial charge in [0.1, 0.15) is 30.5 Å². The first-order valence-corrected chi connectivity index (χ1v) is 25.3. The van der Waals surface area contributed by atoms with E-state index in [1.807, 2.05) is 12.2 Å². The molecule has 0 aromatic carbocycles. The molecular formula is C47H87NO12S. The van der Waals surface area contributed by atoms with Crippen LogP contribution in [0, 0.1) is 0 Å². The third kappa shape index (κ3) is 30.1. The Morgan fingerprint density at radius 3 is 1.61 bits per heavy atom. The third-order valence-corrected chi connectivity index (χ3v) is 11.7. The van der Waals surface area contributed by atoms with Gasteiger partial charge in [-0.1, -0.05) is 192 Å². The Morgan fingerprint density at radius 1 is 0.672 bits per heavy atom. The Bertz CT molecular complexity index is 1250. The summed E-state index contributed by atoms with van der Waals surface area (Å²) in [7, 11) is -5.12. The molecule has 61 heavy (non-hydrogen) atoms. The van der Waals surface area contributed by atoms with Crippen molar-refractivity contribution in [2.45, 2.75) is 243 Å². The van der Waals surface area contributed by atoms with Gasteiger partial charge in [-0.25, -0.2) is 4.18 Å². The lowest BCUT2D eigenvalue weighted by Gasteiger charge is -2.41. The van der Waals surface area contributed by atoms with Gasteiger partial charge in [0.05, 0.1) is 25.4 Å². The van der Waals surface area contributed by atoms with Gasteiger partial charge in [-0.3, -0.25) is 9.35 Å². The lowest BCUT2D eigenvalue weighted by atomic mass is 9.99. The van der Waals surface area contributed by atoms with Crippen LogP contribution >= 0.6 is 0 Å². The first-order chi connectivity index (χ1) is 29.4. The largest absolute Gasteiger partial charge is 0.397 e. The lowest BCUT2D eigenvalue weighted by Crippen LogP contribution is -2.61. The van der Waals surface area contributed by atoms with E-state index in [2.05, 4.69) is 35.5 Å². The summed E-state index contributed by atoms with van der Waals surface area (Å²) in [6.07, 6.45) is 32.5. The molecule has 0 bridgehead atoms. The average molecular weight is 890 g/mol. The molecule has 7 N–H and O–H groups in total. The standard InChI is InChI=1S/C47H87NO12S/c1-3-5-7-9-11-13-15-17-18-19-20-21-22-23-24-26-27-29-31-33-35-40(50)39(38-58-47-44(53)45(60-61(55,56)57)43(52)42(37-49)59-47)48-46(54)41(51)36-34-32-30-28-25-16-14-12-10-8-6-4-2/h25,28,32-35,39-45,47,49-53H,3-24,26-27,29-31,36-38H2,1-2H3,(H,48,54)(H,55,56,57)/b28-25-,34-32-,35-33+. The number of allylic oxidation sites excluding steroid dienone is 4. The Labute approximate surface area is 369 Å². The third-order valence-electron chi connectivity index (χ3n) is 11.3. The van der Waals surface area contributed by atoms with Crippen LogP contribution in [-0.2, 0) is 28.9 Å². The molecule has 0 spiro atoms. The molecule has 358 valence electrons. The number of hydrogen-bond donors (Lipinski definition) is 7. The van der Waals surface area contributed by atoms with Crippen LogP contribution in [0.5, 0.6) is 0 Å². The highest BCUT2D eigenvalue weighted by Crippen LogP contribution is 2.26. The highest BCUT2D eigenvalue weighted by Gasteiger charge is 2.48. The molecule has 0 aliphatic carbocycles. The fourth-order valence-corrected chi connectivity index (χ4v) is 7.95. The SMILES string of the molecule is CCCCCCCC/C=C\C/C=C\CC(O)C(=O)NC(COC1OC(CO)C(O)C(OS(=O)(=O)O)C1O)C(O)/C=C/CCCCCCCCCCCCCCCCCCCC. The summed E-state index contributed by atoms with van der Waals surface area (Å²) in [5, 5.41) is 55.1. The highest BCUT2D eigenvalue weighted by molar-refractivity contribution is 7.80. The minimum atomic E-state index is -5.12. The topological polar surface area (TPSA) is 212 Å². The summed E-state index contributed by atoms with van der Waals surface area (Å²) in [6.45, 7) is 3.17. The smallest absolute Gasteiger partial charge is 0.394 e. The molecule has 13 nitrogen and oxygen atoms in total. The zero-order valence-electron chi connectivity index (χ0n) is 37.8. The van der Waals surface area contributed by atoms with Crippen LogP contribution in [-0.4, -0.2) is 107 Å². The summed E-state index contributed by atoms with van der Waals surface area (Å²) in [6, 6.07) is -1.15. The van der Waals surface area contributed by atoms with Gasteiger partial charge >= 0.3 is 10.4 Å². The first-order valence-electron chi connectivity index (χ1n) is 24.0. The number of hydrogen-bond acceptors (Lipinski definition) is 11. The van der Waals surface area contributed by atoms with Crippen molar-refractivity contribution >= 4 is 16.3 Å². The van der Waals surface area contributed by atoms with Gasteiger partial charge in [-0.05, 0) is 32.1 Å². The van der Waals surface area contributed by atoms with E-state index < -0.39 is 78.5 Å². The van der Waals surface area contributed by atoms with Crippen LogP contribution in [0.25, 0.3) is 0 Å². The Morgan fingerprint density at radius 2 is 1.13 bits per heavy atom. The van der Waals surface area contributed by atoms with Gasteiger partial charge in [0.2, 0.25) is 5.91 Å². The molecule has 1 heterocycles. The second-order valence-electron chi connectivity index (χ2n) is 16.8. The number of nitrogens with one attached hydrogen (secondary N) is 1. The van der Waals surface area contributed by atoms with Crippen LogP contribution in [0.3, 0.4) is 0 Å². The molecule has 1 rings (SSSR count). The van der Waals surface area contributed by atoms with Crippen LogP contribution in [0.1, 0.15) is 194 Å². The second kappa shape index (κ2) is 37.6. The van der Waals surface area contributed by atoms with Crippen molar-refractivity contribution in [2.75, 3.05) is 13.2 Å². The van der Waals surface area contributed by atoms with Crippen molar-refractivity contribution in [1.29, 1.82) is 0 Å². The van der Waals surface area contributed by atoms with Gasteiger partial charge in [0.15, 0.2) is 6.29 Å². The van der Waals surface area contributed by atoms with Crippen LogP contribution in [0.15, 0.2) is 36.5 Å². The maximum Gasteiger partial charge on any atom is 0.397 e. The lowest BCUT2D eigenvalue weighted by molar-refractivity contribution is -0.298. The Hall–Kier alpha value is -1.72. The predicted octanol–water partition coefficient (Wildman–Crippen LogP) is 8.47. The zero-order valence-corrected chi connectivity index (χ0v) is 38.7. The summed E-state index contributed by atoms with van der Waals surface area (Å²) in [5.74, 6) is -0.769. The highest BCUT2D eigenvalue weighted by atomic mass is 32.3. The van der Waals surface area contributed by atoms with E-state index in [1.54, 1.807) is 6.08 Å². The second-order valence-corrected chi connectivity index (χ2v) is 17.9. The van der Waals surface area contributed by atoms with Crippen molar-refractivity contribution in [2.24, 2.45) is 0 Å². The molecule has 14 heteroatoms. The minimum Gasteiger partial charge on any atom is -0.394 e. The number of ether oxygens (including phenoxy) is 2. The van der Waals surface area contributed by atoms with Crippen molar-refractivity contribution in [1.82, 2.24) is 5.32 Å². The predicted molar refractivity (Wildman–Crippen MR) is 242 cm³/mol. The van der Waals surface area contributed by atoms with E-state index >= 15 is 0 Å². The number of aliphatic hydroxyl groups excluding tert-OH is 5. The van der Waals surface area contributed by atoms with Crippen LogP contribution < -0.4 is 5.32 Å². The van der Waals surface area contributed by atoms with E-state index in [1.165, 1.54) is 134 Å². The maximum atomic E-state index is 13.1. The fraction of sp³-hybridized carbons (Fsp3) is 0.851. The summed E-state index contributed by atoms with van der Waals surface area (Å²) >= 11 is 0. The van der Waals surface area contributed by atoms with Crippen molar-refractivity contribution < 1.29 is 57.0 Å². The zero-order chi connectivity index (χ0) is 45.0.